The molecule has 0 bridgehead atoms. The number of carbonyl (C=O) groups is 1. The van der Waals surface area contributed by atoms with E-state index in [0.29, 0.717) is 12.0 Å². The second kappa shape index (κ2) is 7.66. The molecule has 0 saturated carbocycles. The van der Waals surface area contributed by atoms with Crippen molar-refractivity contribution >= 4 is 5.91 Å². The fraction of sp³-hybridized carbons (Fsp3) is 0.438. The summed E-state index contributed by atoms with van der Waals surface area (Å²) in [4.78, 5) is 12.2. The van der Waals surface area contributed by atoms with Crippen LogP contribution < -0.4 is 5.32 Å². The summed E-state index contributed by atoms with van der Waals surface area (Å²) in [6.45, 7) is 5.86. The van der Waals surface area contributed by atoms with Crippen LogP contribution in [0, 0.1) is 23.6 Å². The quantitative estimate of drug-likeness (QED) is 0.830. The minimum atomic E-state index is -0.472. The minimum Gasteiger partial charge on any atom is -0.395 e. The topological polar surface area (TPSA) is 49.3 Å². The molecule has 0 aromatic heterocycles. The van der Waals surface area contributed by atoms with E-state index in [4.69, 9.17) is 5.11 Å². The van der Waals surface area contributed by atoms with Gasteiger partial charge in [-0.2, -0.15) is 0 Å². The molecule has 0 heterocycles. The maximum atomic E-state index is 13.3. The van der Waals surface area contributed by atoms with E-state index in [1.807, 2.05) is 20.8 Å². The van der Waals surface area contributed by atoms with Crippen molar-refractivity contribution in [2.24, 2.45) is 5.92 Å². The Morgan fingerprint density at radius 3 is 2.70 bits per heavy atom. The number of aliphatic hydroxyl groups is 1. The van der Waals surface area contributed by atoms with Crippen molar-refractivity contribution in [3.8, 4) is 11.8 Å². The number of benzene rings is 1. The van der Waals surface area contributed by atoms with Crippen molar-refractivity contribution in [1.29, 1.82) is 0 Å². The number of hydrogen-bond acceptors (Lipinski definition) is 2. The maximum absolute atomic E-state index is 13.3. The number of rotatable bonds is 4. The molecule has 1 unspecified atom stereocenters. The van der Waals surface area contributed by atoms with E-state index >= 15 is 0 Å². The average molecular weight is 277 g/mol. The zero-order valence-corrected chi connectivity index (χ0v) is 12.0. The van der Waals surface area contributed by atoms with Gasteiger partial charge in [-0.1, -0.05) is 25.7 Å². The van der Waals surface area contributed by atoms with Gasteiger partial charge in [0, 0.05) is 18.0 Å². The Kier molecular flexibility index (Phi) is 6.20. The summed E-state index contributed by atoms with van der Waals surface area (Å²) < 4.78 is 13.3. The second-order valence-electron chi connectivity index (χ2n) is 4.97. The molecule has 1 amide bonds. The molecule has 108 valence electrons. The van der Waals surface area contributed by atoms with Gasteiger partial charge in [0.25, 0.3) is 5.91 Å². The van der Waals surface area contributed by atoms with E-state index in [9.17, 15) is 9.18 Å². The highest BCUT2D eigenvalue weighted by atomic mass is 19.1. The first kappa shape index (κ1) is 16.2. The first-order chi connectivity index (χ1) is 9.45. The molecule has 1 atom stereocenters. The SMILES string of the molecule is CC(C)C(C)NC(=O)c1cc(F)ccc1C#CCCO. The Morgan fingerprint density at radius 2 is 2.10 bits per heavy atom. The van der Waals surface area contributed by atoms with Crippen LogP contribution in [-0.4, -0.2) is 23.7 Å². The van der Waals surface area contributed by atoms with Crippen LogP contribution in [0.15, 0.2) is 18.2 Å². The third kappa shape index (κ3) is 4.67. The largest absolute Gasteiger partial charge is 0.395 e. The molecular formula is C16H20FNO2. The van der Waals surface area contributed by atoms with Crippen LogP contribution in [-0.2, 0) is 0 Å². The van der Waals surface area contributed by atoms with Crippen LogP contribution in [0.4, 0.5) is 4.39 Å². The molecule has 0 aliphatic heterocycles. The third-order valence-corrected chi connectivity index (χ3v) is 3.04. The van der Waals surface area contributed by atoms with Gasteiger partial charge in [0.1, 0.15) is 5.82 Å². The van der Waals surface area contributed by atoms with Crippen LogP contribution >= 0.6 is 0 Å². The molecule has 0 spiro atoms. The average Bonchev–Trinajstić information content (AvgIpc) is 2.40. The molecule has 0 saturated heterocycles. The smallest absolute Gasteiger partial charge is 0.252 e. The van der Waals surface area contributed by atoms with E-state index in [2.05, 4.69) is 17.2 Å². The molecular weight excluding hydrogens is 257 g/mol. The van der Waals surface area contributed by atoms with Crippen molar-refractivity contribution in [2.45, 2.75) is 33.2 Å². The van der Waals surface area contributed by atoms with Gasteiger partial charge in [-0.3, -0.25) is 4.79 Å². The van der Waals surface area contributed by atoms with E-state index in [1.165, 1.54) is 18.2 Å². The van der Waals surface area contributed by atoms with Gasteiger partial charge < -0.3 is 10.4 Å². The fourth-order valence-electron chi connectivity index (χ4n) is 1.48. The van der Waals surface area contributed by atoms with Gasteiger partial charge in [0.15, 0.2) is 0 Å². The fourth-order valence-corrected chi connectivity index (χ4v) is 1.48. The molecule has 4 heteroatoms. The highest BCUT2D eigenvalue weighted by Crippen LogP contribution is 2.12. The minimum absolute atomic E-state index is 0.0102. The number of hydrogen-bond donors (Lipinski definition) is 2. The lowest BCUT2D eigenvalue weighted by molar-refractivity contribution is 0.0930. The summed E-state index contributed by atoms with van der Waals surface area (Å²) in [5.74, 6) is 5.01. The van der Waals surface area contributed by atoms with Gasteiger partial charge >= 0.3 is 0 Å². The van der Waals surface area contributed by atoms with Crippen molar-refractivity contribution in [2.75, 3.05) is 6.61 Å². The van der Waals surface area contributed by atoms with Crippen molar-refractivity contribution in [3.05, 3.63) is 35.1 Å². The summed E-state index contributed by atoms with van der Waals surface area (Å²) in [5.41, 5.74) is 0.691. The summed E-state index contributed by atoms with van der Waals surface area (Å²) in [5, 5.41) is 11.5. The van der Waals surface area contributed by atoms with Gasteiger partial charge in [-0.25, -0.2) is 4.39 Å². The Balaban J connectivity index is 3.00. The van der Waals surface area contributed by atoms with Crippen LogP contribution in [0.5, 0.6) is 0 Å². The first-order valence-electron chi connectivity index (χ1n) is 6.65. The number of aliphatic hydroxyl groups excluding tert-OH is 1. The van der Waals surface area contributed by atoms with Crippen molar-refractivity contribution in [3.63, 3.8) is 0 Å². The summed E-state index contributed by atoms with van der Waals surface area (Å²) in [7, 11) is 0. The molecule has 2 N–H and O–H groups in total. The maximum Gasteiger partial charge on any atom is 0.252 e. The molecule has 0 aliphatic carbocycles. The molecule has 1 aromatic carbocycles. The van der Waals surface area contributed by atoms with E-state index in [0.717, 1.165) is 0 Å². The first-order valence-corrected chi connectivity index (χ1v) is 6.65. The Labute approximate surface area is 119 Å². The Morgan fingerprint density at radius 1 is 1.40 bits per heavy atom. The van der Waals surface area contributed by atoms with E-state index < -0.39 is 5.82 Å². The lowest BCUT2D eigenvalue weighted by atomic mass is 10.0. The van der Waals surface area contributed by atoms with Gasteiger partial charge in [-0.15, -0.1) is 0 Å². The van der Waals surface area contributed by atoms with Gasteiger partial charge in [0.05, 0.1) is 12.2 Å². The molecule has 1 rings (SSSR count). The Bertz CT molecular complexity index is 529. The highest BCUT2D eigenvalue weighted by Gasteiger charge is 2.15. The summed E-state index contributed by atoms with van der Waals surface area (Å²) >= 11 is 0. The van der Waals surface area contributed by atoms with E-state index in [1.54, 1.807) is 0 Å². The summed E-state index contributed by atoms with van der Waals surface area (Å²) in [6.07, 6.45) is 0.320. The van der Waals surface area contributed by atoms with Crippen LogP contribution in [0.3, 0.4) is 0 Å². The predicted octanol–water partition coefficient (Wildman–Crippen LogP) is 2.33. The highest BCUT2D eigenvalue weighted by molar-refractivity contribution is 5.96. The van der Waals surface area contributed by atoms with E-state index in [-0.39, 0.29) is 30.0 Å². The molecule has 0 radical (unpaired) electrons. The number of nitrogens with one attached hydrogen (secondary N) is 1. The molecule has 1 aromatic rings. The lowest BCUT2D eigenvalue weighted by Crippen LogP contribution is -2.36. The molecule has 3 nitrogen and oxygen atoms in total. The standard InChI is InChI=1S/C16H20FNO2/c1-11(2)12(3)18-16(20)15-10-14(17)8-7-13(15)6-4-5-9-19/h7-8,10-12,19H,5,9H2,1-3H3,(H,18,20). The number of carbonyl (C=O) groups excluding carboxylic acids is 1. The molecule has 0 fully saturated rings. The van der Waals surface area contributed by atoms with Crippen molar-refractivity contribution < 1.29 is 14.3 Å². The van der Waals surface area contributed by atoms with Gasteiger partial charge in [0.2, 0.25) is 0 Å². The Hall–Kier alpha value is -1.86. The number of halogens is 1. The van der Waals surface area contributed by atoms with Gasteiger partial charge in [-0.05, 0) is 31.0 Å². The molecule has 0 aliphatic rings. The van der Waals surface area contributed by atoms with Crippen LogP contribution in [0.1, 0.15) is 43.1 Å². The normalized spacial score (nSPS) is 11.7. The number of amides is 1. The zero-order chi connectivity index (χ0) is 15.1. The van der Waals surface area contributed by atoms with Crippen LogP contribution in [0.25, 0.3) is 0 Å². The zero-order valence-electron chi connectivity index (χ0n) is 12.0. The van der Waals surface area contributed by atoms with Crippen molar-refractivity contribution in [1.82, 2.24) is 5.32 Å². The second-order valence-corrected chi connectivity index (χ2v) is 4.97. The van der Waals surface area contributed by atoms with Crippen LogP contribution in [0.2, 0.25) is 0 Å². The third-order valence-electron chi connectivity index (χ3n) is 3.04. The predicted molar refractivity (Wildman–Crippen MR) is 76.7 cm³/mol. The lowest BCUT2D eigenvalue weighted by Gasteiger charge is -2.18. The summed E-state index contributed by atoms with van der Waals surface area (Å²) in [6, 6.07) is 3.93. The molecule has 20 heavy (non-hydrogen) atoms. The monoisotopic (exact) mass is 277 g/mol.